The molecule has 0 N–H and O–H groups in total. The summed E-state index contributed by atoms with van der Waals surface area (Å²) in [6.45, 7) is 10.1. The predicted octanol–water partition coefficient (Wildman–Crippen LogP) is 1.85. The Hall–Kier alpha value is -0.863. The third kappa shape index (κ3) is 3.48. The molecule has 0 heterocycles. The fraction of sp³-hybridized carbons (Fsp3) is 0.333. The van der Waals surface area contributed by atoms with E-state index >= 15 is 0 Å². The zero-order valence-electron chi connectivity index (χ0n) is 9.21. The van der Waals surface area contributed by atoms with E-state index in [9.17, 15) is 0 Å². The minimum absolute atomic E-state index is 0.350. The summed E-state index contributed by atoms with van der Waals surface area (Å²) in [6.07, 6.45) is 0.350. The van der Waals surface area contributed by atoms with Gasteiger partial charge in [0.2, 0.25) is 0 Å². The summed E-state index contributed by atoms with van der Waals surface area (Å²) in [5, 5.41) is 1.35. The lowest BCUT2D eigenvalue weighted by Crippen LogP contribution is -2.20. The molecule has 0 bridgehead atoms. The maximum atomic E-state index is 5.64. The summed E-state index contributed by atoms with van der Waals surface area (Å²) in [4.78, 5) is 0. The van der Waals surface area contributed by atoms with Gasteiger partial charge in [0, 0.05) is 6.10 Å². The van der Waals surface area contributed by atoms with Crippen molar-refractivity contribution in [3.05, 3.63) is 36.4 Å². The fourth-order valence-electron chi connectivity index (χ4n) is 1.15. The van der Waals surface area contributed by atoms with E-state index in [1.54, 1.807) is 0 Å². The molecule has 14 heavy (non-hydrogen) atoms. The van der Waals surface area contributed by atoms with Crippen LogP contribution in [0.1, 0.15) is 26.3 Å². The highest BCUT2D eigenvalue weighted by atomic mass is 28.2. The molecular weight excluding hydrogens is 188 g/mol. The predicted molar refractivity (Wildman–Crippen MR) is 65.5 cm³/mol. The second-order valence-electron chi connectivity index (χ2n) is 3.84. The first kappa shape index (κ1) is 11.2. The molecule has 0 saturated carbocycles. The first-order chi connectivity index (χ1) is 6.59. The topological polar surface area (TPSA) is 9.23 Å². The molecule has 0 aliphatic carbocycles. The van der Waals surface area contributed by atoms with Crippen molar-refractivity contribution in [1.29, 1.82) is 0 Å². The fourth-order valence-corrected chi connectivity index (χ4v) is 2.10. The van der Waals surface area contributed by atoms with Gasteiger partial charge in [-0.1, -0.05) is 36.4 Å². The molecule has 0 aliphatic rings. The van der Waals surface area contributed by atoms with Crippen LogP contribution >= 0.6 is 0 Å². The molecule has 0 amide bonds. The maximum Gasteiger partial charge on any atom is 0.192 e. The van der Waals surface area contributed by atoms with Crippen LogP contribution in [-0.4, -0.2) is 15.9 Å². The molecule has 0 aromatic heterocycles. The molecule has 2 heteroatoms. The van der Waals surface area contributed by atoms with E-state index in [1.807, 2.05) is 6.92 Å². The summed E-state index contributed by atoms with van der Waals surface area (Å²) in [5.41, 5.74) is 2.33. The Balaban J connectivity index is 2.60. The van der Waals surface area contributed by atoms with Gasteiger partial charge in [0.25, 0.3) is 0 Å². The first-order valence-corrected chi connectivity index (χ1v) is 6.24. The second-order valence-corrected chi connectivity index (χ2v) is 5.28. The second kappa shape index (κ2) is 5.13. The van der Waals surface area contributed by atoms with Crippen molar-refractivity contribution in [2.75, 3.05) is 0 Å². The summed E-state index contributed by atoms with van der Waals surface area (Å²) < 4.78 is 5.64. The number of allylic oxidation sites excluding steroid dienone is 1. The molecule has 1 aromatic rings. The lowest BCUT2D eigenvalue weighted by molar-refractivity contribution is 0.260. The molecule has 1 rings (SSSR count). The maximum absolute atomic E-state index is 5.64. The average Bonchev–Trinajstić information content (AvgIpc) is 2.15. The Morgan fingerprint density at radius 2 is 1.86 bits per heavy atom. The number of benzene rings is 1. The minimum Gasteiger partial charge on any atom is -0.416 e. The Morgan fingerprint density at radius 1 is 1.29 bits per heavy atom. The van der Waals surface area contributed by atoms with Gasteiger partial charge in [-0.25, -0.2) is 0 Å². The van der Waals surface area contributed by atoms with Crippen LogP contribution in [0.5, 0.6) is 0 Å². The Morgan fingerprint density at radius 3 is 2.29 bits per heavy atom. The lowest BCUT2D eigenvalue weighted by Gasteiger charge is -2.07. The van der Waals surface area contributed by atoms with Gasteiger partial charge in [-0.15, -0.1) is 0 Å². The van der Waals surface area contributed by atoms with E-state index in [4.69, 9.17) is 4.43 Å². The van der Waals surface area contributed by atoms with Crippen molar-refractivity contribution < 1.29 is 4.43 Å². The van der Waals surface area contributed by atoms with Gasteiger partial charge < -0.3 is 4.43 Å². The standard InChI is InChI=1S/C12H18OSi/c1-9(2)11-5-7-12(8-6-11)14-13-10(3)4/h5-8,10H,1,14H2,2-4H3. The number of hydrogen-bond acceptors (Lipinski definition) is 1. The van der Waals surface area contributed by atoms with Crippen molar-refractivity contribution in [1.82, 2.24) is 0 Å². The minimum atomic E-state index is -0.529. The van der Waals surface area contributed by atoms with Crippen molar-refractivity contribution in [2.24, 2.45) is 0 Å². The molecule has 0 saturated heterocycles. The molecule has 0 unspecified atom stereocenters. The first-order valence-electron chi connectivity index (χ1n) is 4.96. The third-order valence-electron chi connectivity index (χ3n) is 2.03. The Labute approximate surface area is 88.7 Å². The highest BCUT2D eigenvalue weighted by Crippen LogP contribution is 2.08. The van der Waals surface area contributed by atoms with E-state index < -0.39 is 9.76 Å². The van der Waals surface area contributed by atoms with E-state index in [0.29, 0.717) is 6.10 Å². The monoisotopic (exact) mass is 206 g/mol. The number of rotatable bonds is 4. The highest BCUT2D eigenvalue weighted by molar-refractivity contribution is 6.46. The smallest absolute Gasteiger partial charge is 0.192 e. The quantitative estimate of drug-likeness (QED) is 0.683. The van der Waals surface area contributed by atoms with Crippen LogP contribution in [-0.2, 0) is 4.43 Å². The molecule has 76 valence electrons. The van der Waals surface area contributed by atoms with Gasteiger partial charge in [0.15, 0.2) is 9.76 Å². The van der Waals surface area contributed by atoms with Gasteiger partial charge in [0.1, 0.15) is 0 Å². The van der Waals surface area contributed by atoms with Gasteiger partial charge >= 0.3 is 0 Å². The van der Waals surface area contributed by atoms with E-state index in [2.05, 4.69) is 44.7 Å². The molecular formula is C12H18OSi. The lowest BCUT2D eigenvalue weighted by atomic mass is 10.1. The molecule has 0 atom stereocenters. The van der Waals surface area contributed by atoms with Crippen molar-refractivity contribution in [2.45, 2.75) is 26.9 Å². The largest absolute Gasteiger partial charge is 0.416 e. The summed E-state index contributed by atoms with van der Waals surface area (Å²) in [5.74, 6) is 0. The Bertz CT molecular complexity index is 301. The molecule has 1 nitrogen and oxygen atoms in total. The van der Waals surface area contributed by atoms with Crippen molar-refractivity contribution >= 4 is 20.5 Å². The van der Waals surface area contributed by atoms with Crippen molar-refractivity contribution in [3.63, 3.8) is 0 Å². The molecule has 0 aliphatic heterocycles. The van der Waals surface area contributed by atoms with Gasteiger partial charge in [-0.05, 0) is 31.5 Å². The number of hydrogen-bond donors (Lipinski definition) is 0. The van der Waals surface area contributed by atoms with Crippen molar-refractivity contribution in [3.8, 4) is 0 Å². The van der Waals surface area contributed by atoms with Crippen LogP contribution in [0.3, 0.4) is 0 Å². The van der Waals surface area contributed by atoms with Crippen LogP contribution in [0.15, 0.2) is 30.8 Å². The molecule has 0 fully saturated rings. The average molecular weight is 206 g/mol. The van der Waals surface area contributed by atoms with Crippen LogP contribution in [0.2, 0.25) is 0 Å². The van der Waals surface area contributed by atoms with E-state index in [1.165, 1.54) is 10.8 Å². The summed E-state index contributed by atoms with van der Waals surface area (Å²) in [7, 11) is -0.529. The Kier molecular flexibility index (Phi) is 4.11. The normalized spacial score (nSPS) is 11.4. The van der Waals surface area contributed by atoms with Crippen LogP contribution in [0.25, 0.3) is 5.57 Å². The molecule has 1 aromatic carbocycles. The van der Waals surface area contributed by atoms with Crippen LogP contribution in [0.4, 0.5) is 0 Å². The van der Waals surface area contributed by atoms with Gasteiger partial charge in [0.05, 0.1) is 0 Å². The zero-order valence-corrected chi connectivity index (χ0v) is 10.6. The zero-order chi connectivity index (χ0) is 10.6. The third-order valence-corrected chi connectivity index (χ3v) is 3.67. The summed E-state index contributed by atoms with van der Waals surface area (Å²) >= 11 is 0. The highest BCUT2D eigenvalue weighted by Gasteiger charge is 1.98. The molecule has 0 spiro atoms. The van der Waals surface area contributed by atoms with E-state index in [0.717, 1.165) is 5.57 Å². The van der Waals surface area contributed by atoms with Crippen LogP contribution < -0.4 is 5.19 Å². The SMILES string of the molecule is C=C(C)c1ccc([SiH2]OC(C)C)cc1. The summed E-state index contributed by atoms with van der Waals surface area (Å²) in [6, 6.07) is 8.54. The van der Waals surface area contributed by atoms with Gasteiger partial charge in [-0.3, -0.25) is 0 Å². The van der Waals surface area contributed by atoms with E-state index in [-0.39, 0.29) is 0 Å². The van der Waals surface area contributed by atoms with Gasteiger partial charge in [-0.2, -0.15) is 0 Å². The van der Waals surface area contributed by atoms with Crippen LogP contribution in [0, 0.1) is 0 Å². The molecule has 0 radical (unpaired) electrons.